The first-order valence-corrected chi connectivity index (χ1v) is 8.07. The van der Waals surface area contributed by atoms with E-state index < -0.39 is 0 Å². The third-order valence-electron chi connectivity index (χ3n) is 3.35. The number of carbonyl (C=O) groups is 1. The van der Waals surface area contributed by atoms with Gasteiger partial charge in [0.15, 0.2) is 5.17 Å². The number of fused-ring (bicyclic) bond motifs is 1. The van der Waals surface area contributed by atoms with Crippen molar-refractivity contribution in [3.63, 3.8) is 0 Å². The second-order valence-corrected chi connectivity index (χ2v) is 6.55. The minimum atomic E-state index is -0.0166. The first kappa shape index (κ1) is 13.1. The lowest BCUT2D eigenvalue weighted by Crippen LogP contribution is -2.22. The highest BCUT2D eigenvalue weighted by Crippen LogP contribution is 2.29. The van der Waals surface area contributed by atoms with Crippen LogP contribution in [-0.2, 0) is 10.5 Å². The van der Waals surface area contributed by atoms with Gasteiger partial charge in [-0.15, -0.1) is 0 Å². The summed E-state index contributed by atoms with van der Waals surface area (Å²) in [7, 11) is 0. The van der Waals surface area contributed by atoms with E-state index >= 15 is 0 Å². The molecule has 1 atom stereocenters. The minimum absolute atomic E-state index is 0.000746. The smallest absolute Gasteiger partial charge is 0.256 e. The van der Waals surface area contributed by atoms with Crippen LogP contribution in [0, 0.1) is 5.92 Å². The number of hydrogen-bond acceptors (Lipinski definition) is 3. The van der Waals surface area contributed by atoms with E-state index in [2.05, 4.69) is 38.0 Å². The number of thioether (sulfide) groups is 1. The van der Waals surface area contributed by atoms with E-state index in [4.69, 9.17) is 0 Å². The summed E-state index contributed by atoms with van der Waals surface area (Å²) in [6, 6.07) is 8.16. The Morgan fingerprint density at radius 3 is 2.84 bits per heavy atom. The fraction of sp³-hybridized carbons (Fsp3) is 0.357. The van der Waals surface area contributed by atoms with Crippen molar-refractivity contribution < 1.29 is 4.79 Å². The van der Waals surface area contributed by atoms with E-state index in [-0.39, 0.29) is 11.8 Å². The molecule has 98 valence electrons. The highest BCUT2D eigenvalue weighted by Gasteiger charge is 2.32. The Morgan fingerprint density at radius 2 is 2.05 bits per heavy atom. The maximum atomic E-state index is 11.9. The molecule has 0 aromatic heterocycles. The van der Waals surface area contributed by atoms with Crippen LogP contribution in [0.5, 0.6) is 0 Å². The Kier molecular flexibility index (Phi) is 3.84. The van der Waals surface area contributed by atoms with E-state index in [1.54, 1.807) is 0 Å². The zero-order valence-electron chi connectivity index (χ0n) is 10.3. The van der Waals surface area contributed by atoms with Crippen molar-refractivity contribution in [1.29, 1.82) is 0 Å². The molecule has 0 radical (unpaired) electrons. The fourth-order valence-electron chi connectivity index (χ4n) is 2.34. The number of rotatable bonds is 2. The van der Waals surface area contributed by atoms with E-state index in [0.717, 1.165) is 35.2 Å². The number of amidine groups is 1. The van der Waals surface area contributed by atoms with Crippen molar-refractivity contribution in [1.82, 2.24) is 0 Å². The molecule has 3 rings (SSSR count). The molecule has 1 amide bonds. The van der Waals surface area contributed by atoms with Gasteiger partial charge in [-0.3, -0.25) is 4.79 Å². The van der Waals surface area contributed by atoms with Crippen LogP contribution in [-0.4, -0.2) is 16.8 Å². The van der Waals surface area contributed by atoms with Crippen LogP contribution in [0.1, 0.15) is 24.8 Å². The van der Waals surface area contributed by atoms with Gasteiger partial charge in [-0.1, -0.05) is 39.8 Å². The number of amides is 1. The van der Waals surface area contributed by atoms with E-state index in [1.165, 1.54) is 17.3 Å². The molecule has 2 aliphatic rings. The monoisotopic (exact) mass is 336 g/mol. The summed E-state index contributed by atoms with van der Waals surface area (Å²) in [5.74, 6) is 0.777. The SMILES string of the molecule is O=C1N=C(SCc2ccc(Br)cc2)N=C2CCCC12. The van der Waals surface area contributed by atoms with Crippen LogP contribution < -0.4 is 0 Å². The number of benzene rings is 1. The van der Waals surface area contributed by atoms with Gasteiger partial charge >= 0.3 is 0 Å². The molecule has 1 aromatic rings. The topological polar surface area (TPSA) is 41.8 Å². The molecule has 1 unspecified atom stereocenters. The van der Waals surface area contributed by atoms with E-state index in [1.807, 2.05) is 12.1 Å². The van der Waals surface area contributed by atoms with Gasteiger partial charge in [-0.25, -0.2) is 4.99 Å². The molecule has 19 heavy (non-hydrogen) atoms. The normalized spacial score (nSPS) is 21.9. The molecule has 0 saturated heterocycles. The van der Waals surface area contributed by atoms with Gasteiger partial charge in [0.1, 0.15) is 0 Å². The molecule has 0 N–H and O–H groups in total. The number of halogens is 1. The standard InChI is InChI=1S/C14H13BrN2OS/c15-10-6-4-9(5-7-10)8-19-14-16-12-3-1-2-11(12)13(18)17-14/h4-7,11H,1-3,8H2. The van der Waals surface area contributed by atoms with Crippen molar-refractivity contribution in [2.45, 2.75) is 25.0 Å². The van der Waals surface area contributed by atoms with Crippen LogP contribution in [0.3, 0.4) is 0 Å². The summed E-state index contributed by atoms with van der Waals surface area (Å²) in [6.45, 7) is 0. The molecular formula is C14H13BrN2OS. The average molecular weight is 337 g/mol. The largest absolute Gasteiger partial charge is 0.272 e. The third kappa shape index (κ3) is 2.98. The lowest BCUT2D eigenvalue weighted by atomic mass is 10.1. The van der Waals surface area contributed by atoms with Crippen LogP contribution in [0.25, 0.3) is 0 Å². The predicted octanol–water partition coefficient (Wildman–Crippen LogP) is 3.82. The Labute approximate surface area is 124 Å². The maximum Gasteiger partial charge on any atom is 0.256 e. The number of nitrogens with zero attached hydrogens (tertiary/aromatic N) is 2. The van der Waals surface area contributed by atoms with Crippen molar-refractivity contribution in [3.8, 4) is 0 Å². The highest BCUT2D eigenvalue weighted by molar-refractivity contribution is 9.10. The summed E-state index contributed by atoms with van der Waals surface area (Å²) < 4.78 is 1.07. The van der Waals surface area contributed by atoms with Crippen molar-refractivity contribution in [3.05, 3.63) is 34.3 Å². The Balaban J connectivity index is 1.67. The predicted molar refractivity (Wildman–Crippen MR) is 82.7 cm³/mol. The summed E-state index contributed by atoms with van der Waals surface area (Å²) in [6.07, 6.45) is 2.94. The summed E-state index contributed by atoms with van der Waals surface area (Å²) >= 11 is 4.95. The van der Waals surface area contributed by atoms with Crippen LogP contribution in [0.15, 0.2) is 38.7 Å². The summed E-state index contributed by atoms with van der Waals surface area (Å²) in [5.41, 5.74) is 2.25. The number of hydrogen-bond donors (Lipinski definition) is 0. The average Bonchev–Trinajstić information content (AvgIpc) is 2.87. The lowest BCUT2D eigenvalue weighted by molar-refractivity contribution is -0.119. The molecule has 1 saturated carbocycles. The molecular weight excluding hydrogens is 324 g/mol. The summed E-state index contributed by atoms with van der Waals surface area (Å²) in [4.78, 5) is 20.5. The fourth-order valence-corrected chi connectivity index (χ4v) is 3.43. The highest BCUT2D eigenvalue weighted by atomic mass is 79.9. The second kappa shape index (κ2) is 5.59. The van der Waals surface area contributed by atoms with Gasteiger partial charge in [0.25, 0.3) is 5.91 Å². The van der Waals surface area contributed by atoms with E-state index in [9.17, 15) is 4.79 Å². The minimum Gasteiger partial charge on any atom is -0.272 e. The van der Waals surface area contributed by atoms with Gasteiger partial charge in [0, 0.05) is 15.9 Å². The van der Waals surface area contributed by atoms with Gasteiger partial charge in [0.2, 0.25) is 0 Å². The Morgan fingerprint density at radius 1 is 1.26 bits per heavy atom. The maximum absolute atomic E-state index is 11.9. The molecule has 1 aliphatic heterocycles. The van der Waals surface area contributed by atoms with Crippen LogP contribution in [0.2, 0.25) is 0 Å². The molecule has 5 heteroatoms. The second-order valence-electron chi connectivity index (χ2n) is 4.70. The zero-order valence-corrected chi connectivity index (χ0v) is 12.7. The zero-order chi connectivity index (χ0) is 13.2. The Bertz CT molecular complexity index is 565. The van der Waals surface area contributed by atoms with Crippen molar-refractivity contribution in [2.75, 3.05) is 0 Å². The third-order valence-corrected chi connectivity index (χ3v) is 4.80. The first-order chi connectivity index (χ1) is 9.22. The van der Waals surface area contributed by atoms with Crippen molar-refractivity contribution >= 4 is 44.5 Å². The molecule has 0 spiro atoms. The van der Waals surface area contributed by atoms with Gasteiger partial charge in [0.05, 0.1) is 5.92 Å². The molecule has 0 bridgehead atoms. The number of carbonyl (C=O) groups excluding carboxylic acids is 1. The van der Waals surface area contributed by atoms with Crippen LogP contribution in [0.4, 0.5) is 0 Å². The molecule has 1 aliphatic carbocycles. The molecule has 1 aromatic carbocycles. The molecule has 1 fully saturated rings. The van der Waals surface area contributed by atoms with E-state index in [0.29, 0.717) is 5.17 Å². The van der Waals surface area contributed by atoms with Gasteiger partial charge in [-0.2, -0.15) is 4.99 Å². The van der Waals surface area contributed by atoms with Gasteiger partial charge in [-0.05, 0) is 37.0 Å². The number of aliphatic imine (C=N–C) groups is 2. The van der Waals surface area contributed by atoms with Crippen LogP contribution >= 0.6 is 27.7 Å². The Hall–Kier alpha value is -0.940. The first-order valence-electron chi connectivity index (χ1n) is 6.29. The molecule has 1 heterocycles. The molecule has 3 nitrogen and oxygen atoms in total. The summed E-state index contributed by atoms with van der Waals surface area (Å²) in [5, 5.41) is 0.626. The van der Waals surface area contributed by atoms with Gasteiger partial charge < -0.3 is 0 Å². The lowest BCUT2D eigenvalue weighted by Gasteiger charge is -2.13. The quantitative estimate of drug-likeness (QED) is 0.823. The van der Waals surface area contributed by atoms with Crippen molar-refractivity contribution in [2.24, 2.45) is 15.9 Å².